The third-order valence-electron chi connectivity index (χ3n) is 5.00. The highest BCUT2D eigenvalue weighted by Gasteiger charge is 2.47. The van der Waals surface area contributed by atoms with Crippen molar-refractivity contribution in [3.63, 3.8) is 0 Å². The van der Waals surface area contributed by atoms with Gasteiger partial charge in [0.05, 0.1) is 18.9 Å². The number of rotatable bonds is 9. The van der Waals surface area contributed by atoms with Crippen molar-refractivity contribution >= 4 is 11.8 Å². The van der Waals surface area contributed by atoms with Gasteiger partial charge in [-0.25, -0.2) is 4.39 Å². The van der Waals surface area contributed by atoms with Crippen LogP contribution in [0.4, 0.5) is 4.39 Å². The monoisotopic (exact) mass is 384 g/mol. The molecule has 1 aliphatic rings. The van der Waals surface area contributed by atoms with Gasteiger partial charge < -0.3 is 15.4 Å². The maximum Gasteiger partial charge on any atom is 0.223 e. The number of hydrogen-bond acceptors (Lipinski definition) is 3. The van der Waals surface area contributed by atoms with Crippen LogP contribution in [0.3, 0.4) is 0 Å². The van der Waals surface area contributed by atoms with E-state index in [0.717, 1.165) is 11.3 Å². The number of amides is 2. The minimum Gasteiger partial charge on any atom is -0.496 e. The molecule has 2 unspecified atom stereocenters. The second-order valence-corrected chi connectivity index (χ2v) is 6.93. The molecule has 2 amide bonds. The van der Waals surface area contributed by atoms with Gasteiger partial charge in [0.1, 0.15) is 11.6 Å². The standard InChI is InChI=1S/C22H25FN2O3/c1-28-20-9-5-3-7-16(20)11-13-25-22(27)18-14-17(18)21(26)24-12-10-15-6-2-4-8-19(15)23/h2-9,17-18H,10-14H2,1H3,(H,24,26)(H,25,27). The van der Waals surface area contributed by atoms with Crippen LogP contribution in [0.25, 0.3) is 0 Å². The second-order valence-electron chi connectivity index (χ2n) is 6.93. The first-order valence-electron chi connectivity index (χ1n) is 9.51. The Kier molecular flexibility index (Phi) is 6.63. The van der Waals surface area contributed by atoms with Crippen LogP contribution in [0.2, 0.25) is 0 Å². The number of para-hydroxylation sites is 1. The predicted molar refractivity (Wildman–Crippen MR) is 104 cm³/mol. The first-order chi connectivity index (χ1) is 13.6. The smallest absolute Gasteiger partial charge is 0.223 e. The molecule has 2 N–H and O–H groups in total. The van der Waals surface area contributed by atoms with Gasteiger partial charge in [-0.2, -0.15) is 0 Å². The lowest BCUT2D eigenvalue weighted by Crippen LogP contribution is -2.32. The summed E-state index contributed by atoms with van der Waals surface area (Å²) in [6.07, 6.45) is 1.66. The summed E-state index contributed by atoms with van der Waals surface area (Å²) in [4.78, 5) is 24.4. The lowest BCUT2D eigenvalue weighted by molar-refractivity contribution is -0.127. The zero-order valence-electron chi connectivity index (χ0n) is 15.9. The van der Waals surface area contributed by atoms with Crippen molar-refractivity contribution in [2.24, 2.45) is 11.8 Å². The molecule has 148 valence electrons. The molecular weight excluding hydrogens is 359 g/mol. The van der Waals surface area contributed by atoms with Crippen molar-refractivity contribution in [3.05, 3.63) is 65.5 Å². The molecule has 0 heterocycles. The summed E-state index contributed by atoms with van der Waals surface area (Å²) in [5.41, 5.74) is 1.60. The van der Waals surface area contributed by atoms with Gasteiger partial charge in [0.2, 0.25) is 11.8 Å². The van der Waals surface area contributed by atoms with Crippen LogP contribution >= 0.6 is 0 Å². The molecule has 0 saturated heterocycles. The number of carbonyl (C=O) groups is 2. The first-order valence-corrected chi connectivity index (χ1v) is 9.51. The Bertz CT molecular complexity index is 840. The molecule has 0 spiro atoms. The van der Waals surface area contributed by atoms with Gasteiger partial charge in [-0.05, 0) is 42.5 Å². The van der Waals surface area contributed by atoms with Gasteiger partial charge >= 0.3 is 0 Å². The normalized spacial score (nSPS) is 17.6. The fourth-order valence-electron chi connectivity index (χ4n) is 3.29. The largest absolute Gasteiger partial charge is 0.496 e. The molecule has 1 saturated carbocycles. The molecule has 2 atom stereocenters. The summed E-state index contributed by atoms with van der Waals surface area (Å²) in [5.74, 6) is -0.255. The van der Waals surface area contributed by atoms with E-state index in [9.17, 15) is 14.0 Å². The molecule has 0 aromatic heterocycles. The van der Waals surface area contributed by atoms with E-state index in [0.29, 0.717) is 37.9 Å². The molecule has 2 aromatic carbocycles. The highest BCUT2D eigenvalue weighted by molar-refractivity contribution is 5.92. The average molecular weight is 384 g/mol. The number of carbonyl (C=O) groups excluding carboxylic acids is 2. The van der Waals surface area contributed by atoms with Gasteiger partial charge in [0.15, 0.2) is 0 Å². The Labute approximate surface area is 164 Å². The van der Waals surface area contributed by atoms with E-state index in [1.807, 2.05) is 24.3 Å². The molecule has 0 bridgehead atoms. The summed E-state index contributed by atoms with van der Waals surface area (Å²) >= 11 is 0. The van der Waals surface area contributed by atoms with Crippen LogP contribution in [-0.2, 0) is 22.4 Å². The third kappa shape index (κ3) is 5.09. The van der Waals surface area contributed by atoms with E-state index in [1.54, 1.807) is 25.3 Å². The lowest BCUT2D eigenvalue weighted by atomic mass is 10.1. The summed E-state index contributed by atoms with van der Waals surface area (Å²) in [6.45, 7) is 0.857. The summed E-state index contributed by atoms with van der Waals surface area (Å²) in [5, 5.41) is 5.69. The number of methoxy groups -OCH3 is 1. The lowest BCUT2D eigenvalue weighted by Gasteiger charge is -2.09. The summed E-state index contributed by atoms with van der Waals surface area (Å²) in [7, 11) is 1.62. The fourth-order valence-corrected chi connectivity index (χ4v) is 3.29. The Morgan fingerprint density at radius 2 is 1.46 bits per heavy atom. The van der Waals surface area contributed by atoms with Crippen LogP contribution in [-0.4, -0.2) is 32.0 Å². The van der Waals surface area contributed by atoms with Crippen LogP contribution in [0, 0.1) is 17.7 Å². The molecular formula is C22H25FN2O3. The van der Waals surface area contributed by atoms with Crippen LogP contribution in [0.5, 0.6) is 5.75 Å². The van der Waals surface area contributed by atoms with Gasteiger partial charge in [-0.1, -0.05) is 36.4 Å². The van der Waals surface area contributed by atoms with E-state index in [-0.39, 0.29) is 29.5 Å². The molecule has 28 heavy (non-hydrogen) atoms. The van der Waals surface area contributed by atoms with E-state index in [1.165, 1.54) is 6.07 Å². The molecule has 0 aliphatic heterocycles. The van der Waals surface area contributed by atoms with Crippen LogP contribution < -0.4 is 15.4 Å². The summed E-state index contributed by atoms with van der Waals surface area (Å²) in [6, 6.07) is 14.2. The Morgan fingerprint density at radius 3 is 2.07 bits per heavy atom. The van der Waals surface area contributed by atoms with Crippen molar-refractivity contribution in [1.82, 2.24) is 10.6 Å². The number of benzene rings is 2. The van der Waals surface area contributed by atoms with E-state index in [2.05, 4.69) is 10.6 Å². The number of ether oxygens (including phenoxy) is 1. The fraction of sp³-hybridized carbons (Fsp3) is 0.364. The van der Waals surface area contributed by atoms with Crippen molar-refractivity contribution in [1.29, 1.82) is 0 Å². The van der Waals surface area contributed by atoms with Gasteiger partial charge in [-0.15, -0.1) is 0 Å². The highest BCUT2D eigenvalue weighted by Crippen LogP contribution is 2.38. The number of nitrogens with one attached hydrogen (secondary N) is 2. The Balaban J connectivity index is 1.36. The number of halogens is 1. The average Bonchev–Trinajstić information content (AvgIpc) is 3.51. The second kappa shape index (κ2) is 9.35. The molecule has 2 aromatic rings. The van der Waals surface area contributed by atoms with E-state index >= 15 is 0 Å². The van der Waals surface area contributed by atoms with Gasteiger partial charge in [0, 0.05) is 13.1 Å². The van der Waals surface area contributed by atoms with Crippen molar-refractivity contribution in [2.75, 3.05) is 20.2 Å². The minimum absolute atomic E-state index is 0.0934. The van der Waals surface area contributed by atoms with Gasteiger partial charge in [0.25, 0.3) is 0 Å². The van der Waals surface area contributed by atoms with E-state index in [4.69, 9.17) is 4.74 Å². The maximum atomic E-state index is 13.6. The van der Waals surface area contributed by atoms with Crippen molar-refractivity contribution < 1.29 is 18.7 Å². The Hall–Kier alpha value is -2.89. The van der Waals surface area contributed by atoms with Crippen LogP contribution in [0.15, 0.2) is 48.5 Å². The molecule has 1 aliphatic carbocycles. The molecule has 6 heteroatoms. The third-order valence-corrected chi connectivity index (χ3v) is 5.00. The zero-order chi connectivity index (χ0) is 19.9. The van der Waals surface area contributed by atoms with Crippen molar-refractivity contribution in [3.8, 4) is 5.75 Å². The van der Waals surface area contributed by atoms with Gasteiger partial charge in [-0.3, -0.25) is 9.59 Å². The molecule has 3 rings (SSSR count). The highest BCUT2D eigenvalue weighted by atomic mass is 19.1. The molecule has 0 radical (unpaired) electrons. The zero-order valence-corrected chi connectivity index (χ0v) is 15.9. The topological polar surface area (TPSA) is 67.4 Å². The molecule has 5 nitrogen and oxygen atoms in total. The maximum absolute atomic E-state index is 13.6. The molecule has 1 fully saturated rings. The van der Waals surface area contributed by atoms with Crippen LogP contribution in [0.1, 0.15) is 17.5 Å². The first kappa shape index (κ1) is 19.9. The van der Waals surface area contributed by atoms with Crippen molar-refractivity contribution in [2.45, 2.75) is 19.3 Å². The summed E-state index contributed by atoms with van der Waals surface area (Å²) < 4.78 is 18.9. The predicted octanol–water partition coefficient (Wildman–Crippen LogP) is 2.49. The SMILES string of the molecule is COc1ccccc1CCNC(=O)C1CC1C(=O)NCCc1ccccc1F. The quantitative estimate of drug-likeness (QED) is 0.698. The number of hydrogen-bond donors (Lipinski definition) is 2. The van der Waals surface area contributed by atoms with E-state index < -0.39 is 0 Å². The minimum atomic E-state index is -0.285. The Morgan fingerprint density at radius 1 is 0.929 bits per heavy atom.